The van der Waals surface area contributed by atoms with Crippen LogP contribution in [-0.4, -0.2) is 28.0 Å². The monoisotopic (exact) mass is 319 g/mol. The summed E-state index contributed by atoms with van der Waals surface area (Å²) < 4.78 is 2.56. The summed E-state index contributed by atoms with van der Waals surface area (Å²) >= 11 is 0. The number of benzene rings is 1. The van der Waals surface area contributed by atoms with Gasteiger partial charge in [0.2, 0.25) is 0 Å². The third kappa shape index (κ3) is 2.73. The number of fused-ring (bicyclic) bond motifs is 3. The lowest BCUT2D eigenvalue weighted by atomic mass is 10.0. The van der Waals surface area contributed by atoms with Crippen molar-refractivity contribution in [2.45, 2.75) is 39.8 Å². The van der Waals surface area contributed by atoms with Gasteiger partial charge in [-0.15, -0.1) is 0 Å². The van der Waals surface area contributed by atoms with E-state index in [1.807, 2.05) is 13.1 Å². The Balaban J connectivity index is 1.73. The molecule has 124 valence electrons. The Morgan fingerprint density at radius 2 is 2.00 bits per heavy atom. The summed E-state index contributed by atoms with van der Waals surface area (Å²) in [4.78, 5) is 6.86. The number of aryl methyl sites for hydroxylation is 4. The van der Waals surface area contributed by atoms with Crippen LogP contribution in [0.3, 0.4) is 0 Å². The summed E-state index contributed by atoms with van der Waals surface area (Å²) in [7, 11) is 2.22. The SMILES string of the molecule is Cc1ccc2c3c(n(CCc4ccc(C)nc4)c2c1)CCN(C)C3. The average Bonchev–Trinajstić information content (AvgIpc) is 2.86. The molecule has 24 heavy (non-hydrogen) atoms. The molecular weight excluding hydrogens is 294 g/mol. The van der Waals surface area contributed by atoms with Crippen molar-refractivity contribution >= 4 is 10.9 Å². The molecule has 0 saturated carbocycles. The molecule has 3 heterocycles. The van der Waals surface area contributed by atoms with Crippen LogP contribution in [0.5, 0.6) is 0 Å². The normalized spacial score (nSPS) is 15.0. The first kappa shape index (κ1) is 15.4. The van der Waals surface area contributed by atoms with E-state index in [0.717, 1.165) is 38.2 Å². The van der Waals surface area contributed by atoms with Gasteiger partial charge in [-0.2, -0.15) is 0 Å². The summed E-state index contributed by atoms with van der Waals surface area (Å²) in [6, 6.07) is 11.2. The van der Waals surface area contributed by atoms with Crippen LogP contribution in [0.15, 0.2) is 36.5 Å². The van der Waals surface area contributed by atoms with Crippen molar-refractivity contribution in [3.05, 3.63) is 64.6 Å². The van der Waals surface area contributed by atoms with Crippen LogP contribution >= 0.6 is 0 Å². The molecule has 0 N–H and O–H groups in total. The molecule has 1 aliphatic rings. The molecular formula is C21H25N3. The van der Waals surface area contributed by atoms with E-state index in [2.05, 4.69) is 58.8 Å². The largest absolute Gasteiger partial charge is 0.344 e. The molecule has 0 spiro atoms. The van der Waals surface area contributed by atoms with Crippen molar-refractivity contribution in [3.63, 3.8) is 0 Å². The fourth-order valence-electron chi connectivity index (χ4n) is 3.83. The molecule has 2 aromatic heterocycles. The van der Waals surface area contributed by atoms with Crippen LogP contribution in [0, 0.1) is 13.8 Å². The quantitative estimate of drug-likeness (QED) is 0.730. The van der Waals surface area contributed by atoms with E-state index in [0.29, 0.717) is 0 Å². The van der Waals surface area contributed by atoms with Crippen LogP contribution in [0.2, 0.25) is 0 Å². The maximum absolute atomic E-state index is 4.44. The zero-order valence-corrected chi connectivity index (χ0v) is 14.8. The fourth-order valence-corrected chi connectivity index (χ4v) is 3.83. The highest BCUT2D eigenvalue weighted by molar-refractivity contribution is 5.86. The summed E-state index contributed by atoms with van der Waals surface area (Å²) in [5.74, 6) is 0. The number of hydrogen-bond donors (Lipinski definition) is 0. The molecule has 0 bridgehead atoms. The van der Waals surface area contributed by atoms with Gasteiger partial charge in [-0.05, 0) is 56.1 Å². The Hall–Kier alpha value is -2.13. The zero-order chi connectivity index (χ0) is 16.7. The molecule has 0 amide bonds. The summed E-state index contributed by atoms with van der Waals surface area (Å²) in [5.41, 5.74) is 8.20. The van der Waals surface area contributed by atoms with E-state index in [-0.39, 0.29) is 0 Å². The predicted octanol–water partition coefficient (Wildman–Crippen LogP) is 3.88. The number of aromatic nitrogens is 2. The molecule has 3 heteroatoms. The van der Waals surface area contributed by atoms with Crippen molar-refractivity contribution in [2.24, 2.45) is 0 Å². The van der Waals surface area contributed by atoms with Gasteiger partial charge >= 0.3 is 0 Å². The molecule has 0 aliphatic carbocycles. The summed E-state index contributed by atoms with van der Waals surface area (Å²) in [6.45, 7) is 7.47. The van der Waals surface area contributed by atoms with Gasteiger partial charge in [0.15, 0.2) is 0 Å². The Morgan fingerprint density at radius 3 is 2.79 bits per heavy atom. The molecule has 3 nitrogen and oxygen atoms in total. The highest BCUT2D eigenvalue weighted by Crippen LogP contribution is 2.31. The van der Waals surface area contributed by atoms with Crippen LogP contribution in [-0.2, 0) is 25.9 Å². The minimum atomic E-state index is 1.03. The standard InChI is InChI=1S/C21H25N3/c1-15-4-7-18-19-14-23(3)10-9-20(19)24(21(18)12-15)11-8-17-6-5-16(2)22-13-17/h4-7,12-13H,8-11,14H2,1-3H3. The van der Waals surface area contributed by atoms with Gasteiger partial charge in [-0.3, -0.25) is 4.98 Å². The van der Waals surface area contributed by atoms with E-state index in [1.54, 1.807) is 0 Å². The van der Waals surface area contributed by atoms with Crippen molar-refractivity contribution < 1.29 is 0 Å². The molecule has 0 unspecified atom stereocenters. The highest BCUT2D eigenvalue weighted by atomic mass is 15.1. The lowest BCUT2D eigenvalue weighted by molar-refractivity contribution is 0.309. The maximum atomic E-state index is 4.44. The number of pyridine rings is 1. The van der Waals surface area contributed by atoms with E-state index in [4.69, 9.17) is 0 Å². The minimum absolute atomic E-state index is 1.03. The molecule has 1 aromatic carbocycles. The van der Waals surface area contributed by atoms with Crippen LogP contribution < -0.4 is 0 Å². The second kappa shape index (κ2) is 6.06. The lowest BCUT2D eigenvalue weighted by Crippen LogP contribution is -2.27. The Bertz CT molecular complexity index is 874. The molecule has 4 rings (SSSR count). The Labute approximate surface area is 143 Å². The van der Waals surface area contributed by atoms with Gasteiger partial charge in [0.1, 0.15) is 0 Å². The first-order valence-electron chi connectivity index (χ1n) is 8.82. The van der Waals surface area contributed by atoms with Gasteiger partial charge in [0.05, 0.1) is 0 Å². The van der Waals surface area contributed by atoms with Gasteiger partial charge in [0.25, 0.3) is 0 Å². The van der Waals surface area contributed by atoms with Crippen molar-refractivity contribution in [1.29, 1.82) is 0 Å². The Morgan fingerprint density at radius 1 is 1.12 bits per heavy atom. The van der Waals surface area contributed by atoms with Crippen LogP contribution in [0.1, 0.15) is 28.1 Å². The topological polar surface area (TPSA) is 21.1 Å². The third-order valence-corrected chi connectivity index (χ3v) is 5.20. The number of nitrogens with zero attached hydrogens (tertiary/aromatic N) is 3. The van der Waals surface area contributed by atoms with E-state index < -0.39 is 0 Å². The van der Waals surface area contributed by atoms with Crippen molar-refractivity contribution in [2.75, 3.05) is 13.6 Å². The second-order valence-corrected chi connectivity index (χ2v) is 7.14. The first-order chi connectivity index (χ1) is 11.6. The van der Waals surface area contributed by atoms with Crippen LogP contribution in [0.4, 0.5) is 0 Å². The smallest absolute Gasteiger partial charge is 0.0488 e. The van der Waals surface area contributed by atoms with Gasteiger partial charge in [-0.1, -0.05) is 18.2 Å². The molecule has 0 fully saturated rings. The van der Waals surface area contributed by atoms with Gasteiger partial charge < -0.3 is 9.47 Å². The van der Waals surface area contributed by atoms with E-state index in [9.17, 15) is 0 Å². The van der Waals surface area contributed by atoms with Crippen molar-refractivity contribution in [1.82, 2.24) is 14.5 Å². The van der Waals surface area contributed by atoms with Crippen molar-refractivity contribution in [3.8, 4) is 0 Å². The van der Waals surface area contributed by atoms with E-state index in [1.165, 1.54) is 33.3 Å². The third-order valence-electron chi connectivity index (χ3n) is 5.20. The van der Waals surface area contributed by atoms with E-state index >= 15 is 0 Å². The minimum Gasteiger partial charge on any atom is -0.344 e. The molecule has 0 saturated heterocycles. The Kier molecular flexibility index (Phi) is 3.89. The number of hydrogen-bond acceptors (Lipinski definition) is 2. The lowest BCUT2D eigenvalue weighted by Gasteiger charge is -2.24. The highest BCUT2D eigenvalue weighted by Gasteiger charge is 2.22. The van der Waals surface area contributed by atoms with Gasteiger partial charge in [-0.25, -0.2) is 0 Å². The summed E-state index contributed by atoms with van der Waals surface area (Å²) in [6.07, 6.45) is 4.20. The number of rotatable bonds is 3. The summed E-state index contributed by atoms with van der Waals surface area (Å²) in [5, 5.41) is 1.43. The second-order valence-electron chi connectivity index (χ2n) is 7.14. The van der Waals surface area contributed by atoms with Crippen LogP contribution in [0.25, 0.3) is 10.9 Å². The van der Waals surface area contributed by atoms with Gasteiger partial charge in [0, 0.05) is 54.5 Å². The fraction of sp³-hybridized carbons (Fsp3) is 0.381. The molecule has 1 aliphatic heterocycles. The first-order valence-corrected chi connectivity index (χ1v) is 8.82. The number of likely N-dealkylation sites (N-methyl/N-ethyl adjacent to an activating group) is 1. The zero-order valence-electron chi connectivity index (χ0n) is 14.8. The average molecular weight is 319 g/mol. The molecule has 0 atom stereocenters. The predicted molar refractivity (Wildman–Crippen MR) is 99.4 cm³/mol. The maximum Gasteiger partial charge on any atom is 0.0488 e. The molecule has 0 radical (unpaired) electrons. The molecule has 3 aromatic rings.